The maximum absolute atomic E-state index is 13.5. The van der Waals surface area contributed by atoms with Crippen molar-refractivity contribution in [1.82, 2.24) is 9.97 Å². The molecule has 0 aliphatic heterocycles. The number of aryl methyl sites for hydroxylation is 1. The Bertz CT molecular complexity index is 821. The van der Waals surface area contributed by atoms with Gasteiger partial charge in [0.2, 0.25) is 5.88 Å². The predicted molar refractivity (Wildman–Crippen MR) is 81.9 cm³/mol. The first-order chi connectivity index (χ1) is 10.7. The van der Waals surface area contributed by atoms with E-state index in [9.17, 15) is 4.39 Å². The van der Waals surface area contributed by atoms with Crippen molar-refractivity contribution in [2.75, 3.05) is 7.11 Å². The molecule has 0 unspecified atom stereocenters. The van der Waals surface area contributed by atoms with E-state index < -0.39 is 0 Å². The van der Waals surface area contributed by atoms with Crippen LogP contribution in [-0.2, 0) is 6.42 Å². The molecule has 2 aromatic carbocycles. The van der Waals surface area contributed by atoms with Crippen LogP contribution in [0.4, 0.5) is 4.39 Å². The number of hydrogen-bond donors (Lipinski definition) is 0. The molecule has 0 saturated heterocycles. The van der Waals surface area contributed by atoms with Crippen LogP contribution < -0.4 is 9.47 Å². The second-order valence-electron chi connectivity index (χ2n) is 4.78. The van der Waals surface area contributed by atoms with Crippen molar-refractivity contribution in [1.29, 1.82) is 0 Å². The van der Waals surface area contributed by atoms with E-state index in [4.69, 9.17) is 9.47 Å². The first-order valence-corrected chi connectivity index (χ1v) is 6.96. The third-order valence-corrected chi connectivity index (χ3v) is 3.40. The molecule has 5 heteroatoms. The van der Waals surface area contributed by atoms with Gasteiger partial charge in [0, 0.05) is 0 Å². The summed E-state index contributed by atoms with van der Waals surface area (Å²) < 4.78 is 24.6. The molecule has 22 heavy (non-hydrogen) atoms. The lowest BCUT2D eigenvalue weighted by Crippen LogP contribution is -1.95. The van der Waals surface area contributed by atoms with E-state index >= 15 is 0 Å². The smallest absolute Gasteiger partial charge is 0.230 e. The van der Waals surface area contributed by atoms with Gasteiger partial charge in [-0.05, 0) is 42.3 Å². The molecule has 112 valence electrons. The second-order valence-corrected chi connectivity index (χ2v) is 4.78. The van der Waals surface area contributed by atoms with Gasteiger partial charge in [-0.1, -0.05) is 13.0 Å². The van der Waals surface area contributed by atoms with Crippen molar-refractivity contribution in [3.05, 3.63) is 54.1 Å². The van der Waals surface area contributed by atoms with Gasteiger partial charge < -0.3 is 9.47 Å². The largest absolute Gasteiger partial charge is 0.493 e. The van der Waals surface area contributed by atoms with Crippen LogP contribution in [0.2, 0.25) is 0 Å². The zero-order chi connectivity index (χ0) is 15.5. The van der Waals surface area contributed by atoms with Crippen LogP contribution in [0.1, 0.15) is 12.5 Å². The number of ether oxygens (including phenoxy) is 2. The molecule has 1 aromatic heterocycles. The molecule has 0 aliphatic rings. The minimum atomic E-state index is -0.361. The van der Waals surface area contributed by atoms with Gasteiger partial charge in [0.1, 0.15) is 12.1 Å². The molecule has 3 rings (SSSR count). The molecule has 0 aliphatic carbocycles. The van der Waals surface area contributed by atoms with E-state index in [1.165, 1.54) is 18.5 Å². The molecule has 0 spiro atoms. The summed E-state index contributed by atoms with van der Waals surface area (Å²) in [4.78, 5) is 8.21. The van der Waals surface area contributed by atoms with Crippen molar-refractivity contribution < 1.29 is 13.9 Å². The third-order valence-electron chi connectivity index (χ3n) is 3.40. The highest BCUT2D eigenvalue weighted by Crippen LogP contribution is 2.34. The standard InChI is InChI=1S/C17H15FN2O2/c1-3-11-4-7-15(16(8-11)21-2)22-17-13-9-12(18)5-6-14(13)19-10-20-17/h4-10H,3H2,1-2H3. The Hall–Kier alpha value is -2.69. The Balaban J connectivity index is 2.05. The van der Waals surface area contributed by atoms with E-state index in [-0.39, 0.29) is 5.82 Å². The maximum Gasteiger partial charge on any atom is 0.230 e. The zero-order valence-corrected chi connectivity index (χ0v) is 12.3. The zero-order valence-electron chi connectivity index (χ0n) is 12.3. The average molecular weight is 298 g/mol. The predicted octanol–water partition coefficient (Wildman–Crippen LogP) is 4.13. The Morgan fingerprint density at radius 2 is 1.91 bits per heavy atom. The van der Waals surface area contributed by atoms with Crippen LogP contribution in [0.3, 0.4) is 0 Å². The first-order valence-electron chi connectivity index (χ1n) is 6.96. The second kappa shape index (κ2) is 5.97. The number of aromatic nitrogens is 2. The van der Waals surface area contributed by atoms with E-state index in [2.05, 4.69) is 16.9 Å². The van der Waals surface area contributed by atoms with Crippen LogP contribution in [0, 0.1) is 5.82 Å². The Labute approximate surface area is 127 Å². The summed E-state index contributed by atoms with van der Waals surface area (Å²) in [6, 6.07) is 10.0. The van der Waals surface area contributed by atoms with Gasteiger partial charge in [0.05, 0.1) is 18.0 Å². The summed E-state index contributed by atoms with van der Waals surface area (Å²) in [5, 5.41) is 0.518. The highest BCUT2D eigenvalue weighted by atomic mass is 19.1. The Morgan fingerprint density at radius 3 is 2.68 bits per heavy atom. The summed E-state index contributed by atoms with van der Waals surface area (Å²) >= 11 is 0. The van der Waals surface area contributed by atoms with Gasteiger partial charge in [0.25, 0.3) is 0 Å². The van der Waals surface area contributed by atoms with Crippen molar-refractivity contribution in [2.45, 2.75) is 13.3 Å². The van der Waals surface area contributed by atoms with Crippen molar-refractivity contribution in [3.63, 3.8) is 0 Å². The molecule has 3 aromatic rings. The average Bonchev–Trinajstić information content (AvgIpc) is 2.55. The lowest BCUT2D eigenvalue weighted by atomic mass is 10.1. The molecule has 0 radical (unpaired) electrons. The van der Waals surface area contributed by atoms with Gasteiger partial charge in [-0.15, -0.1) is 0 Å². The van der Waals surface area contributed by atoms with Gasteiger partial charge >= 0.3 is 0 Å². The van der Waals surface area contributed by atoms with Crippen LogP contribution in [0.15, 0.2) is 42.7 Å². The minimum Gasteiger partial charge on any atom is -0.493 e. The quantitative estimate of drug-likeness (QED) is 0.726. The molecule has 0 atom stereocenters. The molecule has 0 N–H and O–H groups in total. The van der Waals surface area contributed by atoms with Gasteiger partial charge in [-0.2, -0.15) is 0 Å². The summed E-state index contributed by atoms with van der Waals surface area (Å²) in [5.74, 6) is 1.08. The first kappa shape index (κ1) is 14.3. The highest BCUT2D eigenvalue weighted by molar-refractivity contribution is 5.83. The Morgan fingerprint density at radius 1 is 1.05 bits per heavy atom. The van der Waals surface area contributed by atoms with E-state index in [1.54, 1.807) is 13.2 Å². The number of methoxy groups -OCH3 is 1. The fourth-order valence-electron chi connectivity index (χ4n) is 2.21. The maximum atomic E-state index is 13.5. The topological polar surface area (TPSA) is 44.2 Å². The lowest BCUT2D eigenvalue weighted by Gasteiger charge is -2.12. The number of hydrogen-bond acceptors (Lipinski definition) is 4. The molecule has 0 bridgehead atoms. The lowest BCUT2D eigenvalue weighted by molar-refractivity contribution is 0.375. The molecule has 0 amide bonds. The van der Waals surface area contributed by atoms with E-state index in [1.807, 2.05) is 18.2 Å². The monoisotopic (exact) mass is 298 g/mol. The van der Waals surface area contributed by atoms with Crippen molar-refractivity contribution in [2.24, 2.45) is 0 Å². The fraction of sp³-hybridized carbons (Fsp3) is 0.176. The third kappa shape index (κ3) is 2.70. The molecular weight excluding hydrogens is 283 g/mol. The molecule has 0 saturated carbocycles. The van der Waals surface area contributed by atoms with Crippen LogP contribution >= 0.6 is 0 Å². The summed E-state index contributed by atoms with van der Waals surface area (Å²) in [5.41, 5.74) is 1.76. The van der Waals surface area contributed by atoms with Crippen molar-refractivity contribution in [3.8, 4) is 17.4 Å². The highest BCUT2D eigenvalue weighted by Gasteiger charge is 2.11. The summed E-state index contributed by atoms with van der Waals surface area (Å²) in [7, 11) is 1.58. The molecular formula is C17H15FN2O2. The van der Waals surface area contributed by atoms with Crippen LogP contribution in [0.25, 0.3) is 10.9 Å². The van der Waals surface area contributed by atoms with Crippen LogP contribution in [-0.4, -0.2) is 17.1 Å². The number of fused-ring (bicyclic) bond motifs is 1. The van der Waals surface area contributed by atoms with Crippen LogP contribution in [0.5, 0.6) is 17.4 Å². The molecule has 4 nitrogen and oxygen atoms in total. The number of rotatable bonds is 4. The fourth-order valence-corrected chi connectivity index (χ4v) is 2.21. The SMILES string of the molecule is CCc1ccc(Oc2ncnc3ccc(F)cc23)c(OC)c1. The number of benzene rings is 2. The van der Waals surface area contributed by atoms with E-state index in [0.717, 1.165) is 12.0 Å². The van der Waals surface area contributed by atoms with Gasteiger partial charge in [-0.3, -0.25) is 0 Å². The van der Waals surface area contributed by atoms with Gasteiger partial charge in [-0.25, -0.2) is 14.4 Å². The number of nitrogens with zero attached hydrogens (tertiary/aromatic N) is 2. The minimum absolute atomic E-state index is 0.298. The Kier molecular flexibility index (Phi) is 3.87. The summed E-state index contributed by atoms with van der Waals surface area (Å²) in [6.07, 6.45) is 2.29. The summed E-state index contributed by atoms with van der Waals surface area (Å²) in [6.45, 7) is 2.07. The molecule has 1 heterocycles. The normalized spacial score (nSPS) is 10.7. The van der Waals surface area contributed by atoms with Gasteiger partial charge in [0.15, 0.2) is 11.5 Å². The number of halogens is 1. The van der Waals surface area contributed by atoms with E-state index in [0.29, 0.717) is 28.3 Å². The molecule has 0 fully saturated rings. The van der Waals surface area contributed by atoms with Crippen molar-refractivity contribution >= 4 is 10.9 Å².